The maximum atomic E-state index is 5.48. The van der Waals surface area contributed by atoms with Gasteiger partial charge < -0.3 is 4.74 Å². The molecule has 1 aromatic heterocycles. The molecule has 1 heterocycles. The van der Waals surface area contributed by atoms with Crippen LogP contribution in [-0.2, 0) is 0 Å². The molecule has 0 spiro atoms. The van der Waals surface area contributed by atoms with Crippen molar-refractivity contribution < 1.29 is 4.74 Å². The highest BCUT2D eigenvalue weighted by molar-refractivity contribution is 7.80. The van der Waals surface area contributed by atoms with Gasteiger partial charge in [-0.25, -0.2) is 4.98 Å². The van der Waals surface area contributed by atoms with Gasteiger partial charge in [-0.1, -0.05) is 30.4 Å². The number of hydrogen-bond donors (Lipinski definition) is 1. The lowest BCUT2D eigenvalue weighted by Gasteiger charge is -2.02. The van der Waals surface area contributed by atoms with E-state index in [2.05, 4.69) is 17.6 Å². The lowest BCUT2D eigenvalue weighted by atomic mass is 10.3. The molecule has 0 aliphatic heterocycles. The van der Waals surface area contributed by atoms with E-state index in [-0.39, 0.29) is 5.25 Å². The largest absolute Gasteiger partial charge is 0.469 e. The summed E-state index contributed by atoms with van der Waals surface area (Å²) in [4.78, 5) is 4.35. The quantitative estimate of drug-likeness (QED) is 0.811. The van der Waals surface area contributed by atoms with Gasteiger partial charge in [0.25, 0.3) is 5.19 Å². The Hall–Kier alpha value is -0.740. The smallest absolute Gasteiger partial charge is 0.274 e. The van der Waals surface area contributed by atoms with Crippen LogP contribution in [0.2, 0.25) is 0 Å². The molecule has 0 N–H and O–H groups in total. The summed E-state index contributed by atoms with van der Waals surface area (Å²) in [6.07, 6.45) is 0. The van der Waals surface area contributed by atoms with E-state index in [9.17, 15) is 0 Å². The number of thiol groups is 1. The van der Waals surface area contributed by atoms with Crippen LogP contribution in [0.3, 0.4) is 0 Å². The molecule has 1 atom stereocenters. The molecule has 0 radical (unpaired) electrons. The second kappa shape index (κ2) is 4.19. The Labute approximate surface area is 92.3 Å². The first-order valence-electron chi connectivity index (χ1n) is 4.42. The zero-order valence-corrected chi connectivity index (χ0v) is 9.52. The summed E-state index contributed by atoms with van der Waals surface area (Å²) in [5, 5.41) is 0.967. The Morgan fingerprint density at radius 2 is 2.29 bits per heavy atom. The predicted octanol–water partition coefficient (Wildman–Crippen LogP) is 2.99. The van der Waals surface area contributed by atoms with Crippen LogP contribution in [0.5, 0.6) is 5.19 Å². The molecule has 1 unspecified atom stereocenters. The molecular weight excluding hydrogens is 214 g/mol. The molecule has 2 rings (SSSR count). The van der Waals surface area contributed by atoms with Crippen LogP contribution >= 0.6 is 24.0 Å². The Morgan fingerprint density at radius 3 is 3.00 bits per heavy atom. The number of rotatable bonds is 3. The maximum absolute atomic E-state index is 5.48. The van der Waals surface area contributed by atoms with Gasteiger partial charge in [0.2, 0.25) is 0 Å². The third-order valence-corrected chi connectivity index (χ3v) is 2.82. The fourth-order valence-corrected chi connectivity index (χ4v) is 2.00. The number of nitrogens with zero attached hydrogens (tertiary/aromatic N) is 1. The lowest BCUT2D eigenvalue weighted by molar-refractivity contribution is 0.322. The number of ether oxygens (including phenoxy) is 1. The van der Waals surface area contributed by atoms with Crippen molar-refractivity contribution in [2.45, 2.75) is 12.2 Å². The van der Waals surface area contributed by atoms with E-state index in [1.165, 1.54) is 0 Å². The molecule has 2 nitrogen and oxygen atoms in total. The van der Waals surface area contributed by atoms with Gasteiger partial charge in [-0.15, -0.1) is 0 Å². The van der Waals surface area contributed by atoms with Crippen molar-refractivity contribution in [2.75, 3.05) is 6.61 Å². The van der Waals surface area contributed by atoms with Gasteiger partial charge in [0, 0.05) is 5.25 Å². The van der Waals surface area contributed by atoms with Crippen molar-refractivity contribution in [1.82, 2.24) is 4.98 Å². The number of para-hydroxylation sites is 1. The number of benzene rings is 1. The molecule has 14 heavy (non-hydrogen) atoms. The summed E-state index contributed by atoms with van der Waals surface area (Å²) in [7, 11) is 0. The third-order valence-electron chi connectivity index (χ3n) is 1.72. The average Bonchev–Trinajstić information content (AvgIpc) is 2.57. The van der Waals surface area contributed by atoms with Crippen molar-refractivity contribution in [3.63, 3.8) is 0 Å². The Morgan fingerprint density at radius 1 is 1.50 bits per heavy atom. The van der Waals surface area contributed by atoms with E-state index in [1.807, 2.05) is 31.2 Å². The van der Waals surface area contributed by atoms with Gasteiger partial charge >= 0.3 is 0 Å². The molecule has 0 saturated heterocycles. The Balaban J connectivity index is 2.19. The molecule has 0 amide bonds. The minimum Gasteiger partial charge on any atom is -0.469 e. The first kappa shape index (κ1) is 9.80. The Kier molecular flexibility index (Phi) is 2.93. The summed E-state index contributed by atoms with van der Waals surface area (Å²) in [5.74, 6) is 0. The highest BCUT2D eigenvalue weighted by atomic mass is 32.1. The van der Waals surface area contributed by atoms with Crippen LogP contribution < -0.4 is 4.74 Å². The molecule has 1 aromatic carbocycles. The third kappa shape index (κ3) is 2.19. The number of fused-ring (bicyclic) bond motifs is 1. The average molecular weight is 225 g/mol. The van der Waals surface area contributed by atoms with Gasteiger partial charge in [0.1, 0.15) is 6.61 Å². The molecular formula is C10H11NOS2. The van der Waals surface area contributed by atoms with E-state index in [0.29, 0.717) is 6.61 Å². The van der Waals surface area contributed by atoms with Crippen molar-refractivity contribution in [1.29, 1.82) is 0 Å². The minimum absolute atomic E-state index is 0.238. The number of aromatic nitrogens is 1. The molecule has 0 aliphatic rings. The second-order valence-corrected chi connectivity index (χ2v) is 4.98. The van der Waals surface area contributed by atoms with Gasteiger partial charge in [0.05, 0.1) is 10.2 Å². The normalized spacial score (nSPS) is 13.0. The van der Waals surface area contributed by atoms with Crippen molar-refractivity contribution >= 4 is 34.2 Å². The summed E-state index contributed by atoms with van der Waals surface area (Å²) < 4.78 is 6.64. The summed E-state index contributed by atoms with van der Waals surface area (Å²) in [6.45, 7) is 2.60. The maximum Gasteiger partial charge on any atom is 0.274 e. The van der Waals surface area contributed by atoms with Crippen LogP contribution in [-0.4, -0.2) is 16.8 Å². The van der Waals surface area contributed by atoms with Crippen LogP contribution in [0.1, 0.15) is 6.92 Å². The van der Waals surface area contributed by atoms with Gasteiger partial charge in [-0.2, -0.15) is 12.6 Å². The number of hydrogen-bond acceptors (Lipinski definition) is 4. The standard InChI is InChI=1S/C10H11NOS2/c1-7(13)6-12-10-11-8-4-2-3-5-9(8)14-10/h2-5,7,13H,6H2,1H3. The van der Waals surface area contributed by atoms with Gasteiger partial charge in [0.15, 0.2) is 0 Å². The van der Waals surface area contributed by atoms with Crippen LogP contribution in [0.15, 0.2) is 24.3 Å². The van der Waals surface area contributed by atoms with Gasteiger partial charge in [-0.05, 0) is 12.1 Å². The second-order valence-electron chi connectivity index (χ2n) is 3.11. The highest BCUT2D eigenvalue weighted by Crippen LogP contribution is 2.27. The van der Waals surface area contributed by atoms with Crippen molar-refractivity contribution in [3.05, 3.63) is 24.3 Å². The van der Waals surface area contributed by atoms with Crippen LogP contribution in [0.4, 0.5) is 0 Å². The molecule has 0 fully saturated rings. The topological polar surface area (TPSA) is 22.1 Å². The highest BCUT2D eigenvalue weighted by Gasteiger charge is 2.04. The predicted molar refractivity (Wildman–Crippen MR) is 63.6 cm³/mol. The van der Waals surface area contributed by atoms with Crippen LogP contribution in [0, 0.1) is 0 Å². The first-order chi connectivity index (χ1) is 6.75. The zero-order chi connectivity index (χ0) is 9.97. The number of thiazole rings is 1. The van der Waals surface area contributed by atoms with Crippen molar-refractivity contribution in [3.8, 4) is 5.19 Å². The van der Waals surface area contributed by atoms with E-state index in [4.69, 9.17) is 4.74 Å². The SMILES string of the molecule is CC(S)COc1nc2ccccc2s1. The van der Waals surface area contributed by atoms with E-state index in [0.717, 1.165) is 15.4 Å². The van der Waals surface area contributed by atoms with Crippen molar-refractivity contribution in [2.24, 2.45) is 0 Å². The van der Waals surface area contributed by atoms with E-state index in [1.54, 1.807) is 11.3 Å². The zero-order valence-electron chi connectivity index (χ0n) is 7.80. The molecule has 2 aromatic rings. The van der Waals surface area contributed by atoms with E-state index >= 15 is 0 Å². The minimum atomic E-state index is 0.238. The molecule has 0 bridgehead atoms. The fraction of sp³-hybridized carbons (Fsp3) is 0.300. The van der Waals surface area contributed by atoms with Gasteiger partial charge in [-0.3, -0.25) is 0 Å². The molecule has 74 valence electrons. The summed E-state index contributed by atoms with van der Waals surface area (Å²) in [5.41, 5.74) is 0.999. The molecule has 4 heteroatoms. The van der Waals surface area contributed by atoms with E-state index < -0.39 is 0 Å². The first-order valence-corrected chi connectivity index (χ1v) is 5.75. The molecule has 0 saturated carbocycles. The monoisotopic (exact) mass is 225 g/mol. The van der Waals surface area contributed by atoms with Crippen LogP contribution in [0.25, 0.3) is 10.2 Å². The summed E-state index contributed by atoms with van der Waals surface area (Å²) >= 11 is 5.82. The fourth-order valence-electron chi connectivity index (χ4n) is 1.10. The summed E-state index contributed by atoms with van der Waals surface area (Å²) in [6, 6.07) is 8.02. The molecule has 0 aliphatic carbocycles. The Bertz CT molecular complexity index is 392. The lowest BCUT2D eigenvalue weighted by Crippen LogP contribution is -2.06.